The lowest BCUT2D eigenvalue weighted by Gasteiger charge is -2.25. The average molecular weight is 397 g/mol. The van der Waals surface area contributed by atoms with E-state index < -0.39 is 29.2 Å². The molecule has 1 aliphatic rings. The third-order valence-corrected chi connectivity index (χ3v) is 4.87. The molecule has 2 aromatic carbocycles. The number of halogens is 1. The van der Waals surface area contributed by atoms with E-state index in [2.05, 4.69) is 10.7 Å². The predicted molar refractivity (Wildman–Crippen MR) is 102 cm³/mol. The van der Waals surface area contributed by atoms with E-state index in [1.807, 2.05) is 0 Å². The number of nitrogens with zero attached hydrogens (tertiary/aromatic N) is 1. The molecule has 0 radical (unpaired) electrons. The van der Waals surface area contributed by atoms with Crippen LogP contribution in [-0.4, -0.2) is 28.6 Å². The number of urea groups is 1. The Kier molecular flexibility index (Phi) is 5.72. The Balaban J connectivity index is 1.64. The fourth-order valence-corrected chi connectivity index (χ4v) is 3.23. The standard InChI is InChI=1S/C21H20FN3O4/c1-2-21(15-6-4-3-5-7-15)19(28)25(20(29)23-21)24-18(27)13-12-17(26)14-8-10-16(22)11-9-14/h3-11H,2,12-13H2,1H3,(H,23,29)(H,24,27)/t21-/m0/s1. The summed E-state index contributed by atoms with van der Waals surface area (Å²) in [6.45, 7) is 1.76. The van der Waals surface area contributed by atoms with Crippen molar-refractivity contribution in [1.29, 1.82) is 0 Å². The molecule has 1 atom stereocenters. The minimum absolute atomic E-state index is 0.140. The number of hydrogen-bond donors (Lipinski definition) is 2. The van der Waals surface area contributed by atoms with Gasteiger partial charge in [0.2, 0.25) is 5.91 Å². The van der Waals surface area contributed by atoms with Gasteiger partial charge >= 0.3 is 6.03 Å². The van der Waals surface area contributed by atoms with Crippen LogP contribution in [0.3, 0.4) is 0 Å². The van der Waals surface area contributed by atoms with Crippen LogP contribution in [0.25, 0.3) is 0 Å². The van der Waals surface area contributed by atoms with Gasteiger partial charge < -0.3 is 5.32 Å². The van der Waals surface area contributed by atoms with E-state index in [1.54, 1.807) is 37.3 Å². The summed E-state index contributed by atoms with van der Waals surface area (Å²) in [5.41, 5.74) is 1.92. The third-order valence-electron chi connectivity index (χ3n) is 4.87. The molecule has 3 rings (SSSR count). The lowest BCUT2D eigenvalue weighted by Crippen LogP contribution is -2.48. The molecule has 0 spiro atoms. The molecule has 29 heavy (non-hydrogen) atoms. The summed E-state index contributed by atoms with van der Waals surface area (Å²) in [4.78, 5) is 49.6. The molecule has 2 aromatic rings. The van der Waals surface area contributed by atoms with Crippen LogP contribution in [0.2, 0.25) is 0 Å². The normalized spacial score (nSPS) is 18.5. The van der Waals surface area contributed by atoms with Crippen molar-refractivity contribution in [2.75, 3.05) is 0 Å². The Morgan fingerprint density at radius 2 is 1.69 bits per heavy atom. The molecular weight excluding hydrogens is 377 g/mol. The monoisotopic (exact) mass is 397 g/mol. The maximum atomic E-state index is 12.9. The van der Waals surface area contributed by atoms with Gasteiger partial charge in [0.15, 0.2) is 5.78 Å². The first-order valence-electron chi connectivity index (χ1n) is 9.18. The first kappa shape index (κ1) is 20.2. The third kappa shape index (κ3) is 4.01. The molecule has 0 aliphatic carbocycles. The van der Waals surface area contributed by atoms with Gasteiger partial charge in [0.1, 0.15) is 11.4 Å². The lowest BCUT2D eigenvalue weighted by molar-refractivity contribution is -0.139. The number of amides is 4. The summed E-state index contributed by atoms with van der Waals surface area (Å²) < 4.78 is 12.9. The van der Waals surface area contributed by atoms with Crippen molar-refractivity contribution < 1.29 is 23.6 Å². The Hall–Kier alpha value is -3.55. The van der Waals surface area contributed by atoms with Gasteiger partial charge in [0.05, 0.1) is 0 Å². The molecule has 7 nitrogen and oxygen atoms in total. The second kappa shape index (κ2) is 8.22. The molecule has 1 saturated heterocycles. The smallest absolute Gasteiger partial charge is 0.318 e. The molecule has 2 N–H and O–H groups in total. The summed E-state index contributed by atoms with van der Waals surface area (Å²) in [6.07, 6.45) is -0.0620. The molecule has 1 heterocycles. The van der Waals surface area contributed by atoms with Gasteiger partial charge in [-0.3, -0.25) is 19.8 Å². The molecule has 1 aliphatic heterocycles. The zero-order chi connectivity index (χ0) is 21.0. The molecule has 150 valence electrons. The first-order valence-corrected chi connectivity index (χ1v) is 9.18. The van der Waals surface area contributed by atoms with Gasteiger partial charge in [-0.2, -0.15) is 5.01 Å². The maximum Gasteiger partial charge on any atom is 0.344 e. The highest BCUT2D eigenvalue weighted by Gasteiger charge is 2.52. The van der Waals surface area contributed by atoms with Crippen LogP contribution in [0.15, 0.2) is 54.6 Å². The molecule has 0 aromatic heterocycles. The summed E-state index contributed by atoms with van der Waals surface area (Å²) >= 11 is 0. The first-order chi connectivity index (χ1) is 13.9. The summed E-state index contributed by atoms with van der Waals surface area (Å²) in [7, 11) is 0. The topological polar surface area (TPSA) is 95.6 Å². The highest BCUT2D eigenvalue weighted by atomic mass is 19.1. The number of carbonyl (C=O) groups is 4. The lowest BCUT2D eigenvalue weighted by atomic mass is 9.87. The minimum Gasteiger partial charge on any atom is -0.318 e. The van der Waals surface area contributed by atoms with Gasteiger partial charge in [-0.05, 0) is 36.2 Å². The number of imide groups is 1. The summed E-state index contributed by atoms with van der Waals surface area (Å²) in [6, 6.07) is 13.0. The van der Waals surface area contributed by atoms with E-state index in [9.17, 15) is 23.6 Å². The SMILES string of the molecule is CC[C@@]1(c2ccccc2)NC(=O)N(NC(=O)CCC(=O)c2ccc(F)cc2)C1=O. The van der Waals surface area contributed by atoms with Crippen LogP contribution in [0, 0.1) is 5.82 Å². The van der Waals surface area contributed by atoms with E-state index in [0.29, 0.717) is 17.0 Å². The Labute approximate surface area is 166 Å². The van der Waals surface area contributed by atoms with Crippen molar-refractivity contribution in [1.82, 2.24) is 15.8 Å². The van der Waals surface area contributed by atoms with Crippen molar-refractivity contribution in [3.63, 3.8) is 0 Å². The second-order valence-corrected chi connectivity index (χ2v) is 6.66. The number of Topliss-reactive ketones (excluding diaryl/α,β-unsaturated/α-hetero) is 1. The van der Waals surface area contributed by atoms with Crippen molar-refractivity contribution in [3.8, 4) is 0 Å². The van der Waals surface area contributed by atoms with E-state index in [4.69, 9.17) is 0 Å². The fourth-order valence-electron chi connectivity index (χ4n) is 3.23. The molecular formula is C21H20FN3O4. The van der Waals surface area contributed by atoms with Crippen LogP contribution >= 0.6 is 0 Å². The largest absolute Gasteiger partial charge is 0.344 e. The van der Waals surface area contributed by atoms with Crippen LogP contribution in [-0.2, 0) is 15.1 Å². The number of ketones is 1. The van der Waals surface area contributed by atoms with Gasteiger partial charge in [-0.25, -0.2) is 9.18 Å². The van der Waals surface area contributed by atoms with Crippen LogP contribution in [0.5, 0.6) is 0 Å². The van der Waals surface area contributed by atoms with E-state index in [1.165, 1.54) is 12.1 Å². The number of nitrogens with one attached hydrogen (secondary N) is 2. The Bertz CT molecular complexity index is 946. The van der Waals surface area contributed by atoms with Crippen molar-refractivity contribution in [3.05, 3.63) is 71.5 Å². The van der Waals surface area contributed by atoms with E-state index >= 15 is 0 Å². The Morgan fingerprint density at radius 3 is 2.31 bits per heavy atom. The number of benzene rings is 2. The fraction of sp³-hybridized carbons (Fsp3) is 0.238. The van der Waals surface area contributed by atoms with Gasteiger partial charge in [0.25, 0.3) is 5.91 Å². The van der Waals surface area contributed by atoms with Gasteiger partial charge in [-0.1, -0.05) is 37.3 Å². The van der Waals surface area contributed by atoms with Crippen molar-refractivity contribution in [2.45, 2.75) is 31.7 Å². The zero-order valence-corrected chi connectivity index (χ0v) is 15.8. The quantitative estimate of drug-likeness (QED) is 0.555. The maximum absolute atomic E-state index is 12.9. The minimum atomic E-state index is -1.25. The molecule has 8 heteroatoms. The van der Waals surface area contributed by atoms with Crippen molar-refractivity contribution in [2.24, 2.45) is 0 Å². The second-order valence-electron chi connectivity index (χ2n) is 6.66. The van der Waals surface area contributed by atoms with E-state index in [-0.39, 0.29) is 24.2 Å². The number of hydrogen-bond acceptors (Lipinski definition) is 4. The molecule has 0 saturated carbocycles. The van der Waals surface area contributed by atoms with Crippen LogP contribution in [0.1, 0.15) is 42.1 Å². The predicted octanol–water partition coefficient (Wildman–Crippen LogP) is 2.68. The zero-order valence-electron chi connectivity index (χ0n) is 15.8. The number of rotatable bonds is 7. The average Bonchev–Trinajstić information content (AvgIpc) is 2.98. The number of carbonyl (C=O) groups excluding carboxylic acids is 4. The highest BCUT2D eigenvalue weighted by molar-refractivity contribution is 6.08. The summed E-state index contributed by atoms with van der Waals surface area (Å²) in [5.74, 6) is -2.04. The molecule has 4 amide bonds. The molecule has 0 bridgehead atoms. The highest BCUT2D eigenvalue weighted by Crippen LogP contribution is 2.31. The van der Waals surface area contributed by atoms with Gasteiger partial charge in [-0.15, -0.1) is 0 Å². The van der Waals surface area contributed by atoms with E-state index in [0.717, 1.165) is 12.1 Å². The molecule has 0 unspecified atom stereocenters. The Morgan fingerprint density at radius 1 is 1.03 bits per heavy atom. The van der Waals surface area contributed by atoms with Crippen molar-refractivity contribution >= 4 is 23.6 Å². The summed E-state index contributed by atoms with van der Waals surface area (Å²) in [5, 5.41) is 3.31. The molecule has 1 fully saturated rings. The van der Waals surface area contributed by atoms with Crippen LogP contribution < -0.4 is 10.7 Å². The number of hydrazine groups is 1. The van der Waals surface area contributed by atoms with Gasteiger partial charge in [0, 0.05) is 18.4 Å². The van der Waals surface area contributed by atoms with Crippen LogP contribution in [0.4, 0.5) is 9.18 Å².